The zero-order chi connectivity index (χ0) is 19.5. The topological polar surface area (TPSA) is 89.6 Å². The molecule has 0 saturated carbocycles. The van der Waals surface area contributed by atoms with Crippen molar-refractivity contribution in [3.63, 3.8) is 0 Å². The van der Waals surface area contributed by atoms with Gasteiger partial charge in [-0.2, -0.15) is 4.98 Å². The highest BCUT2D eigenvalue weighted by atomic mass is 16.5. The number of nitrogens with one attached hydrogen (secondary N) is 1. The number of hydrogen-bond acceptors (Lipinski definition) is 7. The summed E-state index contributed by atoms with van der Waals surface area (Å²) >= 11 is 0. The van der Waals surface area contributed by atoms with Crippen LogP contribution in [-0.2, 0) is 6.54 Å². The first kappa shape index (κ1) is 17.0. The van der Waals surface area contributed by atoms with Crippen molar-refractivity contribution in [2.45, 2.75) is 6.54 Å². The van der Waals surface area contributed by atoms with Gasteiger partial charge in [0, 0.05) is 35.3 Å². The lowest BCUT2D eigenvalue weighted by atomic mass is 10.1. The highest BCUT2D eigenvalue weighted by molar-refractivity contribution is 5.98. The Morgan fingerprint density at radius 1 is 0.828 bits per heavy atom. The molecule has 5 aromatic rings. The van der Waals surface area contributed by atoms with E-state index in [0.717, 1.165) is 21.9 Å². The van der Waals surface area contributed by atoms with Crippen molar-refractivity contribution in [2.75, 3.05) is 5.32 Å². The van der Waals surface area contributed by atoms with Crippen LogP contribution in [0, 0.1) is 0 Å². The SMILES string of the molecule is c1ccc(-c2noc(-c3nnc(NCc4cccnc4)c4ccccc34)n2)cc1. The average molecular weight is 380 g/mol. The number of fused-ring (bicyclic) bond motifs is 1. The molecular formula is C22H16N6O. The number of nitrogens with zero attached hydrogens (tertiary/aromatic N) is 5. The second-order valence-corrected chi connectivity index (χ2v) is 6.45. The van der Waals surface area contributed by atoms with E-state index in [1.807, 2.05) is 72.9 Å². The Morgan fingerprint density at radius 2 is 1.66 bits per heavy atom. The van der Waals surface area contributed by atoms with Crippen LogP contribution in [0.2, 0.25) is 0 Å². The highest BCUT2D eigenvalue weighted by Crippen LogP contribution is 2.30. The third-order valence-electron chi connectivity index (χ3n) is 4.53. The normalized spacial score (nSPS) is 10.9. The van der Waals surface area contributed by atoms with Crippen LogP contribution in [0.5, 0.6) is 0 Å². The maximum atomic E-state index is 5.49. The Kier molecular flexibility index (Phi) is 4.38. The summed E-state index contributed by atoms with van der Waals surface area (Å²) in [5.74, 6) is 1.55. The van der Waals surface area contributed by atoms with Crippen LogP contribution in [0.15, 0.2) is 83.6 Å². The van der Waals surface area contributed by atoms with Crippen LogP contribution in [-0.4, -0.2) is 25.3 Å². The van der Waals surface area contributed by atoms with Gasteiger partial charge >= 0.3 is 0 Å². The first-order valence-electron chi connectivity index (χ1n) is 9.16. The Balaban J connectivity index is 1.51. The molecule has 5 rings (SSSR count). The fraction of sp³-hybridized carbons (Fsp3) is 0.0455. The van der Waals surface area contributed by atoms with Crippen molar-refractivity contribution in [1.82, 2.24) is 25.3 Å². The van der Waals surface area contributed by atoms with Crippen LogP contribution in [0.25, 0.3) is 33.7 Å². The van der Waals surface area contributed by atoms with Crippen LogP contribution < -0.4 is 5.32 Å². The van der Waals surface area contributed by atoms with Gasteiger partial charge in [0.2, 0.25) is 5.82 Å². The lowest BCUT2D eigenvalue weighted by molar-refractivity contribution is 0.431. The second kappa shape index (κ2) is 7.47. The van der Waals surface area contributed by atoms with Gasteiger partial charge in [-0.3, -0.25) is 4.98 Å². The Morgan fingerprint density at radius 3 is 2.48 bits per heavy atom. The predicted molar refractivity (Wildman–Crippen MR) is 110 cm³/mol. The minimum absolute atomic E-state index is 0.339. The van der Waals surface area contributed by atoms with Gasteiger partial charge in [-0.1, -0.05) is 65.8 Å². The zero-order valence-corrected chi connectivity index (χ0v) is 15.4. The number of pyridine rings is 1. The fourth-order valence-corrected chi connectivity index (χ4v) is 3.11. The van der Waals surface area contributed by atoms with Crippen molar-refractivity contribution in [2.24, 2.45) is 0 Å². The minimum atomic E-state index is 0.339. The summed E-state index contributed by atoms with van der Waals surface area (Å²) in [7, 11) is 0. The third kappa shape index (κ3) is 3.41. The van der Waals surface area contributed by atoms with E-state index in [0.29, 0.717) is 29.8 Å². The van der Waals surface area contributed by atoms with Gasteiger partial charge < -0.3 is 9.84 Å². The highest BCUT2D eigenvalue weighted by Gasteiger charge is 2.17. The molecule has 1 N–H and O–H groups in total. The molecular weight excluding hydrogens is 364 g/mol. The quantitative estimate of drug-likeness (QED) is 0.485. The van der Waals surface area contributed by atoms with E-state index in [1.165, 1.54) is 0 Å². The van der Waals surface area contributed by atoms with Crippen LogP contribution in [0.4, 0.5) is 5.82 Å². The van der Waals surface area contributed by atoms with Crippen LogP contribution in [0.1, 0.15) is 5.56 Å². The summed E-state index contributed by atoms with van der Waals surface area (Å²) in [5.41, 5.74) is 2.50. The average Bonchev–Trinajstić information content (AvgIpc) is 3.29. The van der Waals surface area contributed by atoms with Crippen molar-refractivity contribution < 1.29 is 4.52 Å². The largest absolute Gasteiger partial charge is 0.364 e. The number of hydrogen-bond donors (Lipinski definition) is 1. The van der Waals surface area contributed by atoms with E-state index in [4.69, 9.17) is 4.52 Å². The molecule has 2 aromatic carbocycles. The lowest BCUT2D eigenvalue weighted by Crippen LogP contribution is -2.04. The lowest BCUT2D eigenvalue weighted by Gasteiger charge is -2.09. The molecule has 0 saturated heterocycles. The van der Waals surface area contributed by atoms with Crippen molar-refractivity contribution >= 4 is 16.6 Å². The van der Waals surface area contributed by atoms with E-state index in [2.05, 4.69) is 30.6 Å². The molecule has 0 fully saturated rings. The van der Waals surface area contributed by atoms with Gasteiger partial charge in [0.05, 0.1) is 0 Å². The van der Waals surface area contributed by atoms with Gasteiger partial charge in [-0.15, -0.1) is 10.2 Å². The summed E-state index contributed by atoms with van der Waals surface area (Å²) in [5, 5.41) is 18.0. The molecule has 0 aliphatic heterocycles. The number of benzene rings is 2. The van der Waals surface area contributed by atoms with E-state index in [1.54, 1.807) is 6.20 Å². The molecule has 0 spiro atoms. The second-order valence-electron chi connectivity index (χ2n) is 6.45. The van der Waals surface area contributed by atoms with Crippen LogP contribution >= 0.6 is 0 Å². The molecule has 140 valence electrons. The van der Waals surface area contributed by atoms with Crippen molar-refractivity contribution in [3.8, 4) is 23.0 Å². The Bertz CT molecular complexity index is 1250. The third-order valence-corrected chi connectivity index (χ3v) is 4.53. The van der Waals surface area contributed by atoms with Gasteiger partial charge in [0.25, 0.3) is 5.89 Å². The summed E-state index contributed by atoms with van der Waals surface area (Å²) < 4.78 is 5.49. The Labute approximate surface area is 166 Å². The van der Waals surface area contributed by atoms with E-state index in [-0.39, 0.29) is 0 Å². The summed E-state index contributed by atoms with van der Waals surface area (Å²) in [6, 6.07) is 21.5. The summed E-state index contributed by atoms with van der Waals surface area (Å²) in [4.78, 5) is 8.65. The van der Waals surface area contributed by atoms with Gasteiger partial charge in [0.15, 0.2) is 11.5 Å². The first-order valence-corrected chi connectivity index (χ1v) is 9.16. The molecule has 0 aliphatic rings. The zero-order valence-electron chi connectivity index (χ0n) is 15.4. The van der Waals surface area contributed by atoms with Gasteiger partial charge in [-0.25, -0.2) is 0 Å². The van der Waals surface area contributed by atoms with Crippen LogP contribution in [0.3, 0.4) is 0 Å². The van der Waals surface area contributed by atoms with E-state index >= 15 is 0 Å². The monoisotopic (exact) mass is 380 g/mol. The first-order chi connectivity index (χ1) is 14.4. The smallest absolute Gasteiger partial charge is 0.279 e. The fourth-order valence-electron chi connectivity index (χ4n) is 3.11. The van der Waals surface area contributed by atoms with Gasteiger partial charge in [-0.05, 0) is 11.6 Å². The summed E-state index contributed by atoms with van der Waals surface area (Å²) in [6.07, 6.45) is 3.57. The number of anilines is 1. The molecule has 0 unspecified atom stereocenters. The predicted octanol–water partition coefficient (Wildman–Crippen LogP) is 4.35. The van der Waals surface area contributed by atoms with Gasteiger partial charge in [0.1, 0.15) is 0 Å². The molecule has 29 heavy (non-hydrogen) atoms. The molecule has 0 bridgehead atoms. The molecule has 3 heterocycles. The molecule has 0 atom stereocenters. The maximum absolute atomic E-state index is 5.49. The van der Waals surface area contributed by atoms with Crippen molar-refractivity contribution in [1.29, 1.82) is 0 Å². The number of rotatable bonds is 5. The maximum Gasteiger partial charge on any atom is 0.279 e. The van der Waals surface area contributed by atoms with Crippen molar-refractivity contribution in [3.05, 3.63) is 84.7 Å². The minimum Gasteiger partial charge on any atom is -0.364 e. The van der Waals surface area contributed by atoms with E-state index in [9.17, 15) is 0 Å². The van der Waals surface area contributed by atoms with E-state index < -0.39 is 0 Å². The molecule has 7 nitrogen and oxygen atoms in total. The molecule has 0 radical (unpaired) electrons. The standard InChI is InChI=1S/C22H16N6O/c1-2-8-16(9-3-1)20-25-22(29-28-20)19-17-10-4-5-11-18(17)21(27-26-19)24-14-15-7-6-12-23-13-15/h1-13H,14H2,(H,24,27). The molecule has 0 amide bonds. The molecule has 7 heteroatoms. The molecule has 0 aliphatic carbocycles. The number of aromatic nitrogens is 5. The molecule has 3 aromatic heterocycles. The summed E-state index contributed by atoms with van der Waals surface area (Å²) in [6.45, 7) is 0.602. The Hall–Kier alpha value is -4.13.